The van der Waals surface area contributed by atoms with E-state index in [0.717, 1.165) is 11.1 Å². The number of hydrogen-bond acceptors (Lipinski definition) is 5. The molecule has 0 radical (unpaired) electrons. The lowest BCUT2D eigenvalue weighted by molar-refractivity contribution is -0.137. The molecule has 3 aromatic rings. The third kappa shape index (κ3) is 3.53. The molecule has 3 aromatic carbocycles. The van der Waals surface area contributed by atoms with E-state index in [9.17, 15) is 9.59 Å². The van der Waals surface area contributed by atoms with Crippen LogP contribution in [0.4, 0.5) is 5.69 Å². The zero-order chi connectivity index (χ0) is 21.4. The molecule has 0 saturated heterocycles. The van der Waals surface area contributed by atoms with Crippen LogP contribution >= 0.6 is 0 Å². The van der Waals surface area contributed by atoms with Gasteiger partial charge in [-0.2, -0.15) is 0 Å². The lowest BCUT2D eigenvalue weighted by Gasteiger charge is -2.15. The summed E-state index contributed by atoms with van der Waals surface area (Å²) >= 11 is 0. The van der Waals surface area contributed by atoms with Crippen molar-refractivity contribution < 1.29 is 19.1 Å². The van der Waals surface area contributed by atoms with Crippen molar-refractivity contribution >= 4 is 23.1 Å². The average Bonchev–Trinajstić information content (AvgIpc) is 3.34. The highest BCUT2D eigenvalue weighted by Crippen LogP contribution is 2.36. The van der Waals surface area contributed by atoms with Crippen molar-refractivity contribution in [3.8, 4) is 11.5 Å². The maximum absolute atomic E-state index is 13.3. The summed E-state index contributed by atoms with van der Waals surface area (Å²) in [7, 11) is 0. The van der Waals surface area contributed by atoms with Gasteiger partial charge in [0.05, 0.1) is 12.1 Å². The van der Waals surface area contributed by atoms with E-state index in [2.05, 4.69) is 5.32 Å². The Hall–Kier alpha value is -4.06. The molecule has 0 atom stereocenters. The van der Waals surface area contributed by atoms with E-state index in [4.69, 9.17) is 9.47 Å². The van der Waals surface area contributed by atoms with E-state index >= 15 is 0 Å². The number of anilines is 1. The van der Waals surface area contributed by atoms with Gasteiger partial charge in [0.25, 0.3) is 11.8 Å². The first-order chi connectivity index (χ1) is 15.1. The Morgan fingerprint density at radius 1 is 0.871 bits per heavy atom. The third-order valence-corrected chi connectivity index (χ3v) is 5.33. The largest absolute Gasteiger partial charge is 0.454 e. The minimum Gasteiger partial charge on any atom is -0.454 e. The van der Waals surface area contributed by atoms with E-state index in [1.54, 1.807) is 18.2 Å². The van der Waals surface area contributed by atoms with Crippen LogP contribution in [0.3, 0.4) is 0 Å². The lowest BCUT2D eigenvalue weighted by Crippen LogP contribution is -2.32. The molecule has 0 aromatic heterocycles. The molecule has 5 rings (SSSR count). The van der Waals surface area contributed by atoms with Gasteiger partial charge in [-0.25, -0.2) is 0 Å². The van der Waals surface area contributed by atoms with E-state index in [0.29, 0.717) is 28.3 Å². The molecule has 2 aliphatic heterocycles. The van der Waals surface area contributed by atoms with E-state index in [1.807, 2.05) is 61.5 Å². The highest BCUT2D eigenvalue weighted by molar-refractivity contribution is 6.36. The van der Waals surface area contributed by atoms with Crippen molar-refractivity contribution in [2.75, 3.05) is 12.1 Å². The maximum atomic E-state index is 13.3. The van der Waals surface area contributed by atoms with E-state index in [-0.39, 0.29) is 30.8 Å². The summed E-state index contributed by atoms with van der Waals surface area (Å²) in [5.41, 5.74) is 3.96. The molecule has 0 aliphatic carbocycles. The third-order valence-electron chi connectivity index (χ3n) is 5.33. The van der Waals surface area contributed by atoms with Gasteiger partial charge in [0.1, 0.15) is 5.70 Å². The number of carbonyl (C=O) groups is 2. The van der Waals surface area contributed by atoms with Gasteiger partial charge < -0.3 is 14.8 Å². The molecule has 2 aliphatic rings. The number of fused-ring (bicyclic) bond motifs is 1. The van der Waals surface area contributed by atoms with Crippen LogP contribution in [0.5, 0.6) is 11.5 Å². The van der Waals surface area contributed by atoms with E-state index in [1.165, 1.54) is 4.90 Å². The molecule has 2 heterocycles. The molecule has 6 heteroatoms. The second kappa shape index (κ2) is 7.65. The number of carbonyl (C=O) groups excluding carboxylic acids is 2. The molecule has 154 valence electrons. The minimum absolute atomic E-state index is 0.165. The van der Waals surface area contributed by atoms with Gasteiger partial charge in [-0.15, -0.1) is 0 Å². The molecule has 0 saturated carbocycles. The lowest BCUT2D eigenvalue weighted by atomic mass is 10.0. The van der Waals surface area contributed by atoms with Crippen LogP contribution in [0.1, 0.15) is 16.7 Å². The molecule has 31 heavy (non-hydrogen) atoms. The molecule has 2 amide bonds. The monoisotopic (exact) mass is 412 g/mol. The quantitative estimate of drug-likeness (QED) is 0.639. The maximum Gasteiger partial charge on any atom is 0.278 e. The van der Waals surface area contributed by atoms with Crippen LogP contribution in [0.25, 0.3) is 5.57 Å². The number of ether oxygens (including phenoxy) is 2. The van der Waals surface area contributed by atoms with Crippen LogP contribution in [0, 0.1) is 6.92 Å². The molecule has 6 nitrogen and oxygen atoms in total. The summed E-state index contributed by atoms with van der Waals surface area (Å²) in [5.74, 6) is 0.569. The number of nitrogens with one attached hydrogen (secondary N) is 1. The first-order valence-electron chi connectivity index (χ1n) is 9.98. The second-order valence-corrected chi connectivity index (χ2v) is 7.49. The first kappa shape index (κ1) is 18.9. The second-order valence-electron chi connectivity index (χ2n) is 7.49. The van der Waals surface area contributed by atoms with Gasteiger partial charge in [-0.3, -0.25) is 14.5 Å². The zero-order valence-corrected chi connectivity index (χ0v) is 16.9. The zero-order valence-electron chi connectivity index (χ0n) is 16.9. The van der Waals surface area contributed by atoms with Gasteiger partial charge in [0.2, 0.25) is 6.79 Å². The average molecular weight is 412 g/mol. The van der Waals surface area contributed by atoms with Gasteiger partial charge in [-0.05, 0) is 30.2 Å². The fourth-order valence-electron chi connectivity index (χ4n) is 3.70. The van der Waals surface area contributed by atoms with Gasteiger partial charge in [0.15, 0.2) is 11.5 Å². The summed E-state index contributed by atoms with van der Waals surface area (Å²) in [6, 6.07) is 22.4. The molecule has 0 spiro atoms. The fourth-order valence-corrected chi connectivity index (χ4v) is 3.70. The number of aryl methyl sites for hydroxylation is 1. The smallest absolute Gasteiger partial charge is 0.278 e. The summed E-state index contributed by atoms with van der Waals surface area (Å²) < 4.78 is 10.8. The summed E-state index contributed by atoms with van der Waals surface area (Å²) in [5, 5.41) is 3.16. The highest BCUT2D eigenvalue weighted by Gasteiger charge is 2.39. The Kier molecular flexibility index (Phi) is 4.67. The predicted octanol–water partition coefficient (Wildman–Crippen LogP) is 4.12. The number of rotatable bonds is 5. The normalized spacial score (nSPS) is 15.1. The minimum atomic E-state index is -0.359. The van der Waals surface area contributed by atoms with Gasteiger partial charge in [-0.1, -0.05) is 60.2 Å². The van der Waals surface area contributed by atoms with Crippen LogP contribution < -0.4 is 14.8 Å². The Balaban J connectivity index is 1.51. The van der Waals surface area contributed by atoms with Crippen molar-refractivity contribution in [1.29, 1.82) is 0 Å². The highest BCUT2D eigenvalue weighted by atomic mass is 16.7. The molecule has 1 N–H and O–H groups in total. The van der Waals surface area contributed by atoms with Crippen LogP contribution in [-0.4, -0.2) is 23.5 Å². The van der Waals surface area contributed by atoms with Crippen LogP contribution in [-0.2, 0) is 16.1 Å². The molecule has 0 fully saturated rings. The number of imide groups is 1. The molecule has 0 bridgehead atoms. The fraction of sp³-hybridized carbons (Fsp3) is 0.120. The Morgan fingerprint density at radius 2 is 1.61 bits per heavy atom. The number of amides is 2. The molecular formula is C25H20N2O4. The van der Waals surface area contributed by atoms with Crippen molar-refractivity contribution in [1.82, 2.24) is 4.90 Å². The summed E-state index contributed by atoms with van der Waals surface area (Å²) in [4.78, 5) is 28.0. The Morgan fingerprint density at radius 3 is 2.39 bits per heavy atom. The van der Waals surface area contributed by atoms with E-state index < -0.39 is 0 Å². The first-order valence-corrected chi connectivity index (χ1v) is 9.98. The Labute approximate surface area is 179 Å². The SMILES string of the molecule is Cc1ccc(CN2C(=O)C(Nc3ccc4c(c3)OCO4)=C(c3ccccc3)C2=O)cc1. The Bertz CT molecular complexity index is 1200. The van der Waals surface area contributed by atoms with Crippen LogP contribution in [0.2, 0.25) is 0 Å². The summed E-state index contributed by atoms with van der Waals surface area (Å²) in [6.07, 6.45) is 0. The van der Waals surface area contributed by atoms with Crippen molar-refractivity contribution in [3.05, 3.63) is 95.2 Å². The number of hydrogen-bond donors (Lipinski definition) is 1. The molecular weight excluding hydrogens is 392 g/mol. The van der Waals surface area contributed by atoms with Crippen molar-refractivity contribution in [2.45, 2.75) is 13.5 Å². The number of benzene rings is 3. The predicted molar refractivity (Wildman–Crippen MR) is 116 cm³/mol. The van der Waals surface area contributed by atoms with Crippen molar-refractivity contribution in [2.24, 2.45) is 0 Å². The summed E-state index contributed by atoms with van der Waals surface area (Å²) in [6.45, 7) is 2.37. The topological polar surface area (TPSA) is 67.9 Å². The molecule has 0 unspecified atom stereocenters. The van der Waals surface area contributed by atoms with Crippen LogP contribution in [0.15, 0.2) is 78.5 Å². The van der Waals surface area contributed by atoms with Gasteiger partial charge in [0, 0.05) is 11.8 Å². The van der Waals surface area contributed by atoms with Crippen molar-refractivity contribution in [3.63, 3.8) is 0 Å². The van der Waals surface area contributed by atoms with Gasteiger partial charge >= 0.3 is 0 Å². The standard InChI is InChI=1S/C25H20N2O4/c1-16-7-9-17(10-8-16)14-27-24(28)22(18-5-3-2-4-6-18)23(25(27)29)26-19-11-12-20-21(13-19)31-15-30-20/h2-13,26H,14-15H2,1H3. The number of nitrogens with zero attached hydrogens (tertiary/aromatic N) is 1.